The van der Waals surface area contributed by atoms with E-state index in [4.69, 9.17) is 0 Å². The van der Waals surface area contributed by atoms with Crippen molar-refractivity contribution in [1.82, 2.24) is 10.3 Å². The van der Waals surface area contributed by atoms with Crippen molar-refractivity contribution >= 4 is 10.9 Å². The van der Waals surface area contributed by atoms with Crippen LogP contribution in [0, 0.1) is 0 Å². The van der Waals surface area contributed by atoms with E-state index in [2.05, 4.69) is 46.7 Å². The number of nitrogens with one attached hydrogen (secondary N) is 1. The van der Waals surface area contributed by atoms with E-state index >= 15 is 0 Å². The molecule has 2 heteroatoms. The maximum atomic E-state index is 4.47. The fourth-order valence-corrected chi connectivity index (χ4v) is 2.35. The van der Waals surface area contributed by atoms with E-state index in [0.717, 1.165) is 24.9 Å². The molecule has 1 aliphatic carbocycles. The van der Waals surface area contributed by atoms with Crippen molar-refractivity contribution in [3.05, 3.63) is 54.2 Å². The van der Waals surface area contributed by atoms with Crippen molar-refractivity contribution in [2.24, 2.45) is 0 Å². The molecule has 1 aromatic heterocycles. The molecule has 0 bridgehead atoms. The summed E-state index contributed by atoms with van der Waals surface area (Å²) in [4.78, 5) is 4.47. The molecule has 17 heavy (non-hydrogen) atoms. The fraction of sp³-hybridized carbons (Fsp3) is 0.267. The van der Waals surface area contributed by atoms with Gasteiger partial charge < -0.3 is 5.32 Å². The first-order valence-corrected chi connectivity index (χ1v) is 6.14. The molecular formula is C15H16N2. The van der Waals surface area contributed by atoms with Gasteiger partial charge in [-0.05, 0) is 24.5 Å². The lowest BCUT2D eigenvalue weighted by Gasteiger charge is -2.12. The number of aromatic nitrogens is 1. The Morgan fingerprint density at radius 3 is 2.82 bits per heavy atom. The van der Waals surface area contributed by atoms with Gasteiger partial charge in [-0.1, -0.05) is 36.4 Å². The third-order valence-corrected chi connectivity index (χ3v) is 3.31. The van der Waals surface area contributed by atoms with Gasteiger partial charge in [0.25, 0.3) is 0 Å². The van der Waals surface area contributed by atoms with Crippen LogP contribution >= 0.6 is 0 Å². The third-order valence-electron chi connectivity index (χ3n) is 3.31. The first-order valence-electron chi connectivity index (χ1n) is 6.14. The maximum Gasteiger partial charge on any atom is 0.0746 e. The second kappa shape index (κ2) is 4.68. The molecule has 0 saturated heterocycles. The van der Waals surface area contributed by atoms with Gasteiger partial charge in [0.15, 0.2) is 0 Å². The average Bonchev–Trinajstić information content (AvgIpc) is 2.89. The standard InChI is InChI=1S/C15H16N2/c1-2-9-14(8-1)17-11-13-6-3-5-12-7-4-10-16-15(12)13/h1-7,10,14,17H,8-9,11H2. The molecule has 3 rings (SSSR count). The molecule has 0 fully saturated rings. The van der Waals surface area contributed by atoms with Crippen molar-refractivity contribution in [3.8, 4) is 0 Å². The monoisotopic (exact) mass is 224 g/mol. The highest BCUT2D eigenvalue weighted by Crippen LogP contribution is 2.17. The van der Waals surface area contributed by atoms with Crippen LogP contribution in [-0.2, 0) is 6.54 Å². The van der Waals surface area contributed by atoms with Crippen molar-refractivity contribution in [2.75, 3.05) is 0 Å². The summed E-state index contributed by atoms with van der Waals surface area (Å²) in [5.74, 6) is 0. The normalized spacial score (nSPS) is 15.8. The van der Waals surface area contributed by atoms with Gasteiger partial charge in [0.2, 0.25) is 0 Å². The third kappa shape index (κ3) is 2.22. The minimum Gasteiger partial charge on any atom is -0.309 e. The topological polar surface area (TPSA) is 24.9 Å². The van der Waals surface area contributed by atoms with E-state index < -0.39 is 0 Å². The smallest absolute Gasteiger partial charge is 0.0746 e. The number of pyridine rings is 1. The first-order chi connectivity index (χ1) is 8.43. The molecule has 2 aromatic rings. The number of benzene rings is 1. The molecule has 1 N–H and O–H groups in total. The van der Waals surface area contributed by atoms with Crippen LogP contribution in [0.5, 0.6) is 0 Å². The largest absolute Gasteiger partial charge is 0.309 e. The molecule has 0 unspecified atom stereocenters. The lowest BCUT2D eigenvalue weighted by molar-refractivity contribution is 0.539. The van der Waals surface area contributed by atoms with Crippen molar-refractivity contribution in [2.45, 2.75) is 25.4 Å². The number of hydrogen-bond donors (Lipinski definition) is 1. The molecule has 0 radical (unpaired) electrons. The van der Waals surface area contributed by atoms with Crippen LogP contribution in [0.2, 0.25) is 0 Å². The SMILES string of the molecule is C1=CCC(NCc2cccc3cccnc23)C1. The van der Waals surface area contributed by atoms with Gasteiger partial charge in [0.1, 0.15) is 0 Å². The number of fused-ring (bicyclic) bond motifs is 1. The summed E-state index contributed by atoms with van der Waals surface area (Å²) >= 11 is 0. The van der Waals surface area contributed by atoms with E-state index in [1.807, 2.05) is 12.3 Å². The van der Waals surface area contributed by atoms with Gasteiger partial charge in [-0.25, -0.2) is 0 Å². The molecule has 1 heterocycles. The molecule has 0 spiro atoms. The summed E-state index contributed by atoms with van der Waals surface area (Å²) in [6, 6.07) is 11.1. The predicted octanol–water partition coefficient (Wildman–Crippen LogP) is 3.04. The maximum absolute atomic E-state index is 4.47. The highest BCUT2D eigenvalue weighted by Gasteiger charge is 2.09. The average molecular weight is 224 g/mol. The molecule has 0 atom stereocenters. The van der Waals surface area contributed by atoms with Crippen LogP contribution in [0.1, 0.15) is 18.4 Å². The summed E-state index contributed by atoms with van der Waals surface area (Å²) in [5, 5.41) is 4.81. The zero-order chi connectivity index (χ0) is 11.5. The van der Waals surface area contributed by atoms with Crippen LogP contribution in [0.4, 0.5) is 0 Å². The zero-order valence-corrected chi connectivity index (χ0v) is 9.76. The zero-order valence-electron chi connectivity index (χ0n) is 9.76. The van der Waals surface area contributed by atoms with Gasteiger partial charge >= 0.3 is 0 Å². The molecule has 2 nitrogen and oxygen atoms in total. The van der Waals surface area contributed by atoms with Crippen LogP contribution in [0.25, 0.3) is 10.9 Å². The van der Waals surface area contributed by atoms with Crippen molar-refractivity contribution in [3.63, 3.8) is 0 Å². The number of nitrogens with zero attached hydrogens (tertiary/aromatic N) is 1. The summed E-state index contributed by atoms with van der Waals surface area (Å²) in [6.07, 6.45) is 8.66. The predicted molar refractivity (Wildman–Crippen MR) is 70.7 cm³/mol. The molecule has 1 aliphatic rings. The van der Waals surface area contributed by atoms with E-state index in [0.29, 0.717) is 6.04 Å². The van der Waals surface area contributed by atoms with Crippen LogP contribution in [-0.4, -0.2) is 11.0 Å². The Hall–Kier alpha value is -1.67. The molecule has 1 aromatic carbocycles. The van der Waals surface area contributed by atoms with Crippen LogP contribution in [0.3, 0.4) is 0 Å². The number of hydrogen-bond acceptors (Lipinski definition) is 2. The first kappa shape index (κ1) is 10.5. The Balaban J connectivity index is 1.80. The Morgan fingerprint density at radius 2 is 1.94 bits per heavy atom. The lowest BCUT2D eigenvalue weighted by atomic mass is 10.1. The lowest BCUT2D eigenvalue weighted by Crippen LogP contribution is -2.25. The quantitative estimate of drug-likeness (QED) is 0.810. The number of rotatable bonds is 3. The van der Waals surface area contributed by atoms with Crippen molar-refractivity contribution < 1.29 is 0 Å². The Labute approximate surface area is 101 Å². The summed E-state index contributed by atoms with van der Waals surface area (Å²) in [7, 11) is 0. The molecule has 0 saturated carbocycles. The molecule has 0 aliphatic heterocycles. The van der Waals surface area contributed by atoms with Gasteiger partial charge in [-0.2, -0.15) is 0 Å². The minimum absolute atomic E-state index is 0.606. The van der Waals surface area contributed by atoms with Crippen molar-refractivity contribution in [1.29, 1.82) is 0 Å². The summed E-state index contributed by atoms with van der Waals surface area (Å²) in [6.45, 7) is 0.903. The Kier molecular flexibility index (Phi) is 2.88. The Morgan fingerprint density at radius 1 is 1.12 bits per heavy atom. The van der Waals surface area contributed by atoms with Gasteiger partial charge in [-0.3, -0.25) is 4.98 Å². The number of para-hydroxylation sites is 1. The van der Waals surface area contributed by atoms with E-state index in [1.165, 1.54) is 10.9 Å². The second-order valence-electron chi connectivity index (χ2n) is 4.51. The Bertz CT molecular complexity index is 532. The minimum atomic E-state index is 0.606. The van der Waals surface area contributed by atoms with E-state index in [1.54, 1.807) is 0 Å². The highest BCUT2D eigenvalue weighted by molar-refractivity contribution is 5.81. The van der Waals surface area contributed by atoms with Gasteiger partial charge in [-0.15, -0.1) is 0 Å². The second-order valence-corrected chi connectivity index (χ2v) is 4.51. The van der Waals surface area contributed by atoms with Crippen LogP contribution in [0.15, 0.2) is 48.7 Å². The highest BCUT2D eigenvalue weighted by atomic mass is 14.9. The van der Waals surface area contributed by atoms with E-state index in [9.17, 15) is 0 Å². The molecule has 0 amide bonds. The molecule has 86 valence electrons. The fourth-order valence-electron chi connectivity index (χ4n) is 2.35. The van der Waals surface area contributed by atoms with Gasteiger partial charge in [0, 0.05) is 24.2 Å². The van der Waals surface area contributed by atoms with Crippen LogP contribution < -0.4 is 5.32 Å². The summed E-state index contributed by atoms with van der Waals surface area (Å²) < 4.78 is 0. The molecular weight excluding hydrogens is 208 g/mol. The summed E-state index contributed by atoms with van der Waals surface area (Å²) in [5.41, 5.74) is 2.41. The van der Waals surface area contributed by atoms with Gasteiger partial charge in [0.05, 0.1) is 5.52 Å². The van der Waals surface area contributed by atoms with E-state index in [-0.39, 0.29) is 0 Å².